The Hall–Kier alpha value is -0.120. The molecule has 0 aliphatic carbocycles. The van der Waals surface area contributed by atoms with E-state index < -0.39 is 0 Å². The number of nitrogens with two attached hydrogens (primary N) is 1. The SMILES string of the molecule is CCCC(CCC)C(CCCOC)NN. The lowest BCUT2D eigenvalue weighted by Gasteiger charge is -2.26. The maximum atomic E-state index is 5.63. The van der Waals surface area contributed by atoms with Crippen molar-refractivity contribution in [2.75, 3.05) is 13.7 Å². The van der Waals surface area contributed by atoms with Crippen molar-refractivity contribution in [2.45, 2.75) is 58.4 Å². The van der Waals surface area contributed by atoms with E-state index in [2.05, 4.69) is 19.3 Å². The van der Waals surface area contributed by atoms with E-state index in [9.17, 15) is 0 Å². The fourth-order valence-corrected chi connectivity index (χ4v) is 2.19. The Morgan fingerprint density at radius 3 is 2.13 bits per heavy atom. The van der Waals surface area contributed by atoms with Crippen LogP contribution in [0.4, 0.5) is 0 Å². The van der Waals surface area contributed by atoms with Gasteiger partial charge in [0.05, 0.1) is 0 Å². The number of rotatable bonds is 10. The number of hydrazine groups is 1. The molecule has 0 saturated heterocycles. The lowest BCUT2D eigenvalue weighted by atomic mass is 9.88. The molecule has 0 spiro atoms. The van der Waals surface area contributed by atoms with E-state index in [-0.39, 0.29) is 0 Å². The summed E-state index contributed by atoms with van der Waals surface area (Å²) in [7, 11) is 1.75. The molecule has 0 aliphatic rings. The first-order chi connectivity index (χ1) is 7.29. The molecule has 0 aromatic rings. The lowest BCUT2D eigenvalue weighted by molar-refractivity contribution is 0.181. The molecule has 92 valence electrons. The molecule has 3 nitrogen and oxygen atoms in total. The van der Waals surface area contributed by atoms with Gasteiger partial charge >= 0.3 is 0 Å². The average molecular weight is 216 g/mol. The van der Waals surface area contributed by atoms with Crippen molar-refractivity contribution in [1.82, 2.24) is 5.43 Å². The fraction of sp³-hybridized carbons (Fsp3) is 1.00. The van der Waals surface area contributed by atoms with Gasteiger partial charge in [0, 0.05) is 19.8 Å². The molecule has 0 fully saturated rings. The summed E-state index contributed by atoms with van der Waals surface area (Å²) in [5.74, 6) is 6.35. The Labute approximate surface area is 94.7 Å². The van der Waals surface area contributed by atoms with E-state index in [1.54, 1.807) is 7.11 Å². The highest BCUT2D eigenvalue weighted by Crippen LogP contribution is 2.20. The first kappa shape index (κ1) is 14.9. The number of ether oxygens (including phenoxy) is 1. The molecule has 0 aromatic carbocycles. The van der Waals surface area contributed by atoms with Crippen LogP contribution in [0.3, 0.4) is 0 Å². The average Bonchev–Trinajstić information content (AvgIpc) is 2.24. The highest BCUT2D eigenvalue weighted by atomic mass is 16.5. The lowest BCUT2D eigenvalue weighted by Crippen LogP contribution is -2.41. The smallest absolute Gasteiger partial charge is 0.0462 e. The summed E-state index contributed by atoms with van der Waals surface area (Å²) in [6.45, 7) is 5.32. The molecule has 0 aromatic heterocycles. The van der Waals surface area contributed by atoms with Gasteiger partial charge in [-0.05, 0) is 31.6 Å². The van der Waals surface area contributed by atoms with Crippen molar-refractivity contribution in [3.63, 3.8) is 0 Å². The highest BCUT2D eigenvalue weighted by Gasteiger charge is 2.18. The van der Waals surface area contributed by atoms with E-state index in [1.165, 1.54) is 25.7 Å². The number of hydrogen-bond donors (Lipinski definition) is 2. The molecule has 1 atom stereocenters. The monoisotopic (exact) mass is 216 g/mol. The summed E-state index contributed by atoms with van der Waals surface area (Å²) in [5, 5.41) is 0. The first-order valence-corrected chi connectivity index (χ1v) is 6.25. The zero-order chi connectivity index (χ0) is 11.5. The second kappa shape index (κ2) is 10.4. The number of hydrogen-bond acceptors (Lipinski definition) is 3. The molecule has 0 saturated carbocycles. The molecule has 0 amide bonds. The third-order valence-electron chi connectivity index (χ3n) is 2.97. The van der Waals surface area contributed by atoms with Gasteiger partial charge in [0.25, 0.3) is 0 Å². The quantitative estimate of drug-likeness (QED) is 0.335. The van der Waals surface area contributed by atoms with Crippen molar-refractivity contribution in [3.8, 4) is 0 Å². The number of nitrogens with one attached hydrogen (secondary N) is 1. The maximum absolute atomic E-state index is 5.63. The standard InChI is InChI=1S/C12H28N2O/c1-4-7-11(8-5-2)12(14-13)9-6-10-15-3/h11-12,14H,4-10,13H2,1-3H3. The Balaban J connectivity index is 3.93. The molecular formula is C12H28N2O. The fourth-order valence-electron chi connectivity index (χ4n) is 2.19. The minimum absolute atomic E-state index is 0.458. The summed E-state index contributed by atoms with van der Waals surface area (Å²) in [6, 6.07) is 0.458. The summed E-state index contributed by atoms with van der Waals surface area (Å²) < 4.78 is 5.07. The van der Waals surface area contributed by atoms with Gasteiger partial charge in [-0.2, -0.15) is 0 Å². The summed E-state index contributed by atoms with van der Waals surface area (Å²) in [4.78, 5) is 0. The second-order valence-electron chi connectivity index (χ2n) is 4.25. The van der Waals surface area contributed by atoms with Crippen molar-refractivity contribution in [3.05, 3.63) is 0 Å². The zero-order valence-corrected chi connectivity index (χ0v) is 10.6. The van der Waals surface area contributed by atoms with Gasteiger partial charge in [-0.1, -0.05) is 26.7 Å². The van der Waals surface area contributed by atoms with E-state index in [1.807, 2.05) is 0 Å². The minimum Gasteiger partial charge on any atom is -0.385 e. The van der Waals surface area contributed by atoms with E-state index in [4.69, 9.17) is 10.6 Å². The highest BCUT2D eigenvalue weighted by molar-refractivity contribution is 4.74. The molecule has 0 rings (SSSR count). The third kappa shape index (κ3) is 6.88. The maximum Gasteiger partial charge on any atom is 0.0462 e. The van der Waals surface area contributed by atoms with Crippen LogP contribution < -0.4 is 11.3 Å². The first-order valence-electron chi connectivity index (χ1n) is 6.25. The van der Waals surface area contributed by atoms with Gasteiger partial charge in [-0.15, -0.1) is 0 Å². The third-order valence-corrected chi connectivity index (χ3v) is 2.97. The Bertz CT molecular complexity index is 125. The number of methoxy groups -OCH3 is 1. The summed E-state index contributed by atoms with van der Waals surface area (Å²) in [5.41, 5.74) is 2.98. The predicted molar refractivity (Wildman–Crippen MR) is 65.5 cm³/mol. The van der Waals surface area contributed by atoms with Gasteiger partial charge in [-0.3, -0.25) is 11.3 Å². The van der Waals surface area contributed by atoms with E-state index in [0.29, 0.717) is 6.04 Å². The molecule has 15 heavy (non-hydrogen) atoms. The largest absolute Gasteiger partial charge is 0.385 e. The van der Waals surface area contributed by atoms with Crippen LogP contribution >= 0.6 is 0 Å². The van der Waals surface area contributed by atoms with E-state index in [0.717, 1.165) is 25.4 Å². The second-order valence-corrected chi connectivity index (χ2v) is 4.25. The molecule has 3 heteroatoms. The minimum atomic E-state index is 0.458. The Kier molecular flexibility index (Phi) is 10.3. The van der Waals surface area contributed by atoms with Gasteiger partial charge < -0.3 is 4.74 Å². The topological polar surface area (TPSA) is 47.3 Å². The van der Waals surface area contributed by atoms with Crippen LogP contribution in [-0.2, 0) is 4.74 Å². The van der Waals surface area contributed by atoms with Crippen molar-refractivity contribution in [1.29, 1.82) is 0 Å². The van der Waals surface area contributed by atoms with Crippen LogP contribution in [0.25, 0.3) is 0 Å². The van der Waals surface area contributed by atoms with Crippen LogP contribution in [0.5, 0.6) is 0 Å². The van der Waals surface area contributed by atoms with Crippen molar-refractivity contribution >= 4 is 0 Å². The van der Waals surface area contributed by atoms with Crippen LogP contribution in [0.1, 0.15) is 52.4 Å². The van der Waals surface area contributed by atoms with Crippen molar-refractivity contribution < 1.29 is 4.74 Å². The van der Waals surface area contributed by atoms with Gasteiger partial charge in [0.15, 0.2) is 0 Å². The van der Waals surface area contributed by atoms with Gasteiger partial charge in [0.2, 0.25) is 0 Å². The molecule has 0 radical (unpaired) electrons. The van der Waals surface area contributed by atoms with Gasteiger partial charge in [0.1, 0.15) is 0 Å². The molecule has 0 bridgehead atoms. The van der Waals surface area contributed by atoms with Crippen molar-refractivity contribution in [2.24, 2.45) is 11.8 Å². The zero-order valence-electron chi connectivity index (χ0n) is 10.6. The molecule has 3 N–H and O–H groups in total. The van der Waals surface area contributed by atoms with Crippen LogP contribution in [-0.4, -0.2) is 19.8 Å². The van der Waals surface area contributed by atoms with Crippen LogP contribution in [0.15, 0.2) is 0 Å². The molecule has 0 aliphatic heterocycles. The molecule has 1 unspecified atom stereocenters. The van der Waals surface area contributed by atoms with Crippen LogP contribution in [0, 0.1) is 5.92 Å². The van der Waals surface area contributed by atoms with E-state index >= 15 is 0 Å². The summed E-state index contributed by atoms with van der Waals surface area (Å²) >= 11 is 0. The summed E-state index contributed by atoms with van der Waals surface area (Å²) in [6.07, 6.45) is 7.25. The molecular weight excluding hydrogens is 188 g/mol. The molecule has 0 heterocycles. The Morgan fingerprint density at radius 2 is 1.73 bits per heavy atom. The van der Waals surface area contributed by atoms with Crippen LogP contribution in [0.2, 0.25) is 0 Å². The Morgan fingerprint density at radius 1 is 1.13 bits per heavy atom. The normalized spacial score (nSPS) is 13.4. The van der Waals surface area contributed by atoms with Gasteiger partial charge in [-0.25, -0.2) is 0 Å². The predicted octanol–water partition coefficient (Wildman–Crippen LogP) is 2.46.